The minimum atomic E-state index is -0.971. The minimum absolute atomic E-state index is 0.114. The molecule has 0 saturated carbocycles. The fourth-order valence-electron chi connectivity index (χ4n) is 2.37. The van der Waals surface area contributed by atoms with Crippen molar-refractivity contribution in [3.8, 4) is 11.3 Å². The summed E-state index contributed by atoms with van der Waals surface area (Å²) >= 11 is 0.948. The molecule has 0 aliphatic rings. The van der Waals surface area contributed by atoms with E-state index in [1.807, 2.05) is 18.2 Å². The van der Waals surface area contributed by atoms with Crippen molar-refractivity contribution >= 4 is 34.6 Å². The van der Waals surface area contributed by atoms with Crippen LogP contribution >= 0.6 is 11.3 Å². The molecule has 1 heterocycles. The zero-order valence-electron chi connectivity index (χ0n) is 19.3. The molecule has 0 unspecified atom stereocenters. The third kappa shape index (κ3) is 7.23. The molecular formula is C22H29N3O6S. The summed E-state index contributed by atoms with van der Waals surface area (Å²) in [5.74, 6) is -0.557. The highest BCUT2D eigenvalue weighted by Gasteiger charge is 2.33. The second-order valence-electron chi connectivity index (χ2n) is 8.69. The Hall–Kier alpha value is -3.14. The molecule has 174 valence electrons. The third-order valence-electron chi connectivity index (χ3n) is 3.49. The number of hydrogen-bond acceptors (Lipinski definition) is 9. The largest absolute Gasteiger partial charge is 0.462 e. The van der Waals surface area contributed by atoms with E-state index < -0.39 is 29.4 Å². The summed E-state index contributed by atoms with van der Waals surface area (Å²) < 4.78 is 15.8. The van der Waals surface area contributed by atoms with Crippen molar-refractivity contribution in [3.05, 3.63) is 35.2 Å². The first-order chi connectivity index (χ1) is 14.8. The quantitative estimate of drug-likeness (QED) is 0.353. The van der Waals surface area contributed by atoms with Crippen LogP contribution in [-0.4, -0.2) is 46.0 Å². The number of esters is 1. The maximum Gasteiger partial charge on any atom is 0.439 e. The van der Waals surface area contributed by atoms with E-state index in [2.05, 4.69) is 10.4 Å². The summed E-state index contributed by atoms with van der Waals surface area (Å²) in [6.07, 6.45) is -1.94. The van der Waals surface area contributed by atoms with Gasteiger partial charge in [0.25, 0.3) is 0 Å². The fraction of sp³-hybridized carbons (Fsp3) is 0.455. The normalized spacial score (nSPS) is 11.5. The number of thiazole rings is 1. The Morgan fingerprint density at radius 2 is 1.50 bits per heavy atom. The predicted octanol–water partition coefficient (Wildman–Crippen LogP) is 5.49. The van der Waals surface area contributed by atoms with Crippen molar-refractivity contribution in [2.75, 3.05) is 12.0 Å². The van der Waals surface area contributed by atoms with Gasteiger partial charge in [-0.3, -0.25) is 5.43 Å². The third-order valence-corrected chi connectivity index (χ3v) is 4.43. The number of nitrogens with one attached hydrogen (secondary N) is 1. The Bertz CT molecular complexity index is 932. The molecule has 0 saturated heterocycles. The number of hydrogen-bond donors (Lipinski definition) is 1. The zero-order valence-corrected chi connectivity index (χ0v) is 20.2. The van der Waals surface area contributed by atoms with Gasteiger partial charge in [0.15, 0.2) is 0 Å². The standard InChI is InChI=1S/C22H29N3O6S/c1-8-29-17(26)16-15(14-12-10-9-11-13-14)23-18(32-16)24-25(19(27)30-21(2,3)4)20(28)31-22(5,6)7/h9-13H,8H2,1-7H3,(H,23,24). The fourth-order valence-corrected chi connectivity index (χ4v) is 3.24. The molecule has 0 fully saturated rings. The first kappa shape index (κ1) is 25.1. The van der Waals surface area contributed by atoms with Crippen LogP contribution < -0.4 is 5.43 Å². The topological polar surface area (TPSA) is 107 Å². The zero-order chi connectivity index (χ0) is 24.1. The van der Waals surface area contributed by atoms with Crippen molar-refractivity contribution in [1.82, 2.24) is 9.99 Å². The highest BCUT2D eigenvalue weighted by atomic mass is 32.1. The van der Waals surface area contributed by atoms with Crippen LogP contribution in [0.4, 0.5) is 14.7 Å². The molecule has 0 atom stereocenters. The molecule has 10 heteroatoms. The summed E-state index contributed by atoms with van der Waals surface area (Å²) in [6, 6.07) is 9.04. The van der Waals surface area contributed by atoms with E-state index in [1.54, 1.807) is 60.6 Å². The minimum Gasteiger partial charge on any atom is -0.462 e. The van der Waals surface area contributed by atoms with Gasteiger partial charge in [-0.15, -0.1) is 5.01 Å². The monoisotopic (exact) mass is 463 g/mol. The van der Waals surface area contributed by atoms with Crippen LogP contribution in [0.1, 0.15) is 58.1 Å². The van der Waals surface area contributed by atoms with Crippen LogP contribution in [0.15, 0.2) is 30.3 Å². The maximum atomic E-state index is 12.7. The Kier molecular flexibility index (Phi) is 7.84. The van der Waals surface area contributed by atoms with Gasteiger partial charge in [-0.2, -0.15) is 0 Å². The lowest BCUT2D eigenvalue weighted by atomic mass is 10.1. The number of amides is 2. The molecule has 2 amide bonds. The Labute approximate surface area is 191 Å². The number of imide groups is 1. The lowest BCUT2D eigenvalue weighted by Crippen LogP contribution is -2.46. The summed E-state index contributed by atoms with van der Waals surface area (Å²) in [7, 11) is 0. The molecule has 32 heavy (non-hydrogen) atoms. The lowest BCUT2D eigenvalue weighted by Gasteiger charge is -2.28. The second-order valence-corrected chi connectivity index (χ2v) is 9.69. The van der Waals surface area contributed by atoms with Crippen molar-refractivity contribution in [3.63, 3.8) is 0 Å². The van der Waals surface area contributed by atoms with Gasteiger partial charge in [0.2, 0.25) is 5.13 Å². The van der Waals surface area contributed by atoms with E-state index in [0.717, 1.165) is 11.3 Å². The lowest BCUT2D eigenvalue weighted by molar-refractivity contribution is 0.00638. The van der Waals surface area contributed by atoms with E-state index in [1.165, 1.54) is 0 Å². The summed E-state index contributed by atoms with van der Waals surface area (Å²) in [4.78, 5) is 42.6. The van der Waals surface area contributed by atoms with Gasteiger partial charge in [-0.05, 0) is 48.5 Å². The van der Waals surface area contributed by atoms with Crippen LogP contribution in [0.3, 0.4) is 0 Å². The van der Waals surface area contributed by atoms with Crippen molar-refractivity contribution in [2.45, 2.75) is 59.7 Å². The molecule has 0 aliphatic carbocycles. The maximum absolute atomic E-state index is 12.7. The van der Waals surface area contributed by atoms with Crippen molar-refractivity contribution < 1.29 is 28.6 Å². The van der Waals surface area contributed by atoms with E-state index in [-0.39, 0.29) is 16.6 Å². The molecule has 2 rings (SSSR count). The molecule has 0 spiro atoms. The molecular weight excluding hydrogens is 434 g/mol. The molecule has 0 aliphatic heterocycles. The van der Waals surface area contributed by atoms with Crippen LogP contribution in [0, 0.1) is 0 Å². The van der Waals surface area contributed by atoms with E-state index in [0.29, 0.717) is 16.3 Å². The average molecular weight is 464 g/mol. The number of ether oxygens (including phenoxy) is 3. The number of benzene rings is 1. The van der Waals surface area contributed by atoms with E-state index >= 15 is 0 Å². The molecule has 1 aromatic heterocycles. The van der Waals surface area contributed by atoms with Gasteiger partial charge in [0.1, 0.15) is 16.1 Å². The SMILES string of the molecule is CCOC(=O)c1sc(NN(C(=O)OC(C)(C)C)C(=O)OC(C)(C)C)nc1-c1ccccc1. The summed E-state index contributed by atoms with van der Waals surface area (Å²) in [5, 5.41) is 0.711. The van der Waals surface area contributed by atoms with Crippen LogP contribution in [0.2, 0.25) is 0 Å². The van der Waals surface area contributed by atoms with Gasteiger partial charge in [0.05, 0.1) is 12.3 Å². The Morgan fingerprint density at radius 1 is 0.969 bits per heavy atom. The van der Waals surface area contributed by atoms with Gasteiger partial charge in [0, 0.05) is 5.56 Å². The Balaban J connectivity index is 2.44. The first-order valence-electron chi connectivity index (χ1n) is 10.1. The number of rotatable bonds is 5. The number of carbonyl (C=O) groups excluding carboxylic acids is 3. The van der Waals surface area contributed by atoms with Gasteiger partial charge in [-0.1, -0.05) is 41.7 Å². The highest BCUT2D eigenvalue weighted by molar-refractivity contribution is 7.17. The van der Waals surface area contributed by atoms with E-state index in [4.69, 9.17) is 14.2 Å². The van der Waals surface area contributed by atoms with Gasteiger partial charge < -0.3 is 14.2 Å². The van der Waals surface area contributed by atoms with Gasteiger partial charge >= 0.3 is 18.2 Å². The van der Waals surface area contributed by atoms with Crippen molar-refractivity contribution in [1.29, 1.82) is 0 Å². The Morgan fingerprint density at radius 3 is 1.97 bits per heavy atom. The number of hydrazine groups is 1. The smallest absolute Gasteiger partial charge is 0.439 e. The molecule has 0 bridgehead atoms. The van der Waals surface area contributed by atoms with E-state index in [9.17, 15) is 14.4 Å². The predicted molar refractivity (Wildman–Crippen MR) is 121 cm³/mol. The number of anilines is 1. The van der Waals surface area contributed by atoms with Crippen LogP contribution in [0.5, 0.6) is 0 Å². The molecule has 9 nitrogen and oxygen atoms in total. The highest BCUT2D eigenvalue weighted by Crippen LogP contribution is 2.32. The van der Waals surface area contributed by atoms with Gasteiger partial charge in [-0.25, -0.2) is 19.4 Å². The summed E-state index contributed by atoms with van der Waals surface area (Å²) in [6.45, 7) is 11.9. The molecule has 0 radical (unpaired) electrons. The molecule has 1 N–H and O–H groups in total. The molecule has 1 aromatic carbocycles. The summed E-state index contributed by atoms with van der Waals surface area (Å²) in [5.41, 5.74) is 1.97. The number of aromatic nitrogens is 1. The first-order valence-corrected chi connectivity index (χ1v) is 10.9. The van der Waals surface area contributed by atoms with Crippen LogP contribution in [-0.2, 0) is 14.2 Å². The number of carbonyl (C=O) groups is 3. The number of nitrogens with zero attached hydrogens (tertiary/aromatic N) is 2. The average Bonchev–Trinajstić information content (AvgIpc) is 3.08. The second kappa shape index (κ2) is 9.99. The molecule has 2 aromatic rings. The van der Waals surface area contributed by atoms with Crippen LogP contribution in [0.25, 0.3) is 11.3 Å². The van der Waals surface area contributed by atoms with Crippen molar-refractivity contribution in [2.24, 2.45) is 0 Å².